The number of nitrogens with one attached hydrogen (secondary N) is 2. The Hall–Kier alpha value is -2.55. The topological polar surface area (TPSA) is 103 Å². The molecule has 2 amide bonds. The minimum atomic E-state index is -0.793. The summed E-state index contributed by atoms with van der Waals surface area (Å²) < 4.78 is 16.5. The number of urea groups is 1. The van der Waals surface area contributed by atoms with Gasteiger partial charge in [0, 0.05) is 15.7 Å². The molecular formula is C20H25BrN2O6. The number of carbonyl (C=O) groups excluding carboxylic acids is 3. The lowest BCUT2D eigenvalue weighted by atomic mass is 9.93. The molecule has 0 fully saturated rings. The van der Waals surface area contributed by atoms with Gasteiger partial charge in [-0.25, -0.2) is 14.4 Å². The van der Waals surface area contributed by atoms with E-state index in [1.54, 1.807) is 32.0 Å². The second-order valence-electron chi connectivity index (χ2n) is 6.17. The van der Waals surface area contributed by atoms with Gasteiger partial charge in [-0.1, -0.05) is 29.3 Å². The van der Waals surface area contributed by atoms with Gasteiger partial charge in [-0.15, -0.1) is 0 Å². The fraction of sp³-hybridized carbons (Fsp3) is 0.450. The Morgan fingerprint density at radius 3 is 2.52 bits per heavy atom. The van der Waals surface area contributed by atoms with Crippen molar-refractivity contribution in [1.29, 1.82) is 0 Å². The Balaban J connectivity index is 2.49. The quantitative estimate of drug-likeness (QED) is 0.538. The monoisotopic (exact) mass is 468 g/mol. The summed E-state index contributed by atoms with van der Waals surface area (Å²) in [5, 5.41) is 5.47. The van der Waals surface area contributed by atoms with E-state index in [1.165, 1.54) is 0 Å². The number of benzene rings is 1. The van der Waals surface area contributed by atoms with Gasteiger partial charge in [-0.3, -0.25) is 0 Å². The number of halogens is 1. The van der Waals surface area contributed by atoms with Gasteiger partial charge in [0.2, 0.25) is 0 Å². The Bertz CT molecular complexity index is 808. The van der Waals surface area contributed by atoms with Crippen LogP contribution in [0.15, 0.2) is 33.9 Å². The van der Waals surface area contributed by atoms with Crippen molar-refractivity contribution in [3.05, 3.63) is 39.5 Å². The maximum atomic E-state index is 12.7. The molecule has 0 spiro atoms. The van der Waals surface area contributed by atoms with Crippen molar-refractivity contribution in [2.45, 2.75) is 39.7 Å². The molecule has 1 aromatic rings. The van der Waals surface area contributed by atoms with Gasteiger partial charge in [0.15, 0.2) is 6.61 Å². The highest BCUT2D eigenvalue weighted by Crippen LogP contribution is 2.36. The predicted octanol–water partition coefficient (Wildman–Crippen LogP) is 3.36. The van der Waals surface area contributed by atoms with Crippen LogP contribution in [0.1, 0.15) is 45.2 Å². The molecule has 0 saturated heterocycles. The smallest absolute Gasteiger partial charge is 0.344 e. The Kier molecular flexibility index (Phi) is 8.50. The van der Waals surface area contributed by atoms with Gasteiger partial charge < -0.3 is 24.8 Å². The van der Waals surface area contributed by atoms with Crippen LogP contribution in [-0.4, -0.2) is 37.8 Å². The van der Waals surface area contributed by atoms with E-state index in [0.717, 1.165) is 10.9 Å². The molecule has 2 N–H and O–H groups in total. The Morgan fingerprint density at radius 2 is 1.86 bits per heavy atom. The summed E-state index contributed by atoms with van der Waals surface area (Å²) in [6.45, 7) is 5.53. The predicted molar refractivity (Wildman–Crippen MR) is 109 cm³/mol. The van der Waals surface area contributed by atoms with Crippen LogP contribution in [0.5, 0.6) is 5.75 Å². The summed E-state index contributed by atoms with van der Waals surface area (Å²) in [6.07, 6.45) is 1.24. The second kappa shape index (κ2) is 10.8. The summed E-state index contributed by atoms with van der Waals surface area (Å²) in [4.78, 5) is 36.7. The van der Waals surface area contributed by atoms with Gasteiger partial charge in [0.25, 0.3) is 0 Å². The lowest BCUT2D eigenvalue weighted by Gasteiger charge is -2.30. The van der Waals surface area contributed by atoms with E-state index in [9.17, 15) is 14.4 Å². The van der Waals surface area contributed by atoms with E-state index >= 15 is 0 Å². The third-order valence-corrected chi connectivity index (χ3v) is 4.58. The Labute approximate surface area is 178 Å². The third kappa shape index (κ3) is 5.96. The van der Waals surface area contributed by atoms with E-state index in [4.69, 9.17) is 14.2 Å². The van der Waals surface area contributed by atoms with Crippen LogP contribution in [0.3, 0.4) is 0 Å². The summed E-state index contributed by atoms with van der Waals surface area (Å²) >= 11 is 3.41. The first-order chi connectivity index (χ1) is 13.9. The molecule has 1 aliphatic heterocycles. The van der Waals surface area contributed by atoms with E-state index in [-0.39, 0.29) is 19.8 Å². The van der Waals surface area contributed by atoms with Crippen molar-refractivity contribution in [2.75, 3.05) is 19.8 Å². The number of esters is 2. The maximum absolute atomic E-state index is 12.7. The normalized spacial score (nSPS) is 16.0. The molecule has 0 aliphatic carbocycles. The zero-order valence-electron chi connectivity index (χ0n) is 16.7. The molecule has 1 heterocycles. The van der Waals surface area contributed by atoms with Crippen molar-refractivity contribution < 1.29 is 28.6 Å². The van der Waals surface area contributed by atoms with Gasteiger partial charge in [0.05, 0.1) is 24.8 Å². The lowest BCUT2D eigenvalue weighted by Crippen LogP contribution is -2.46. The van der Waals surface area contributed by atoms with Crippen LogP contribution in [0, 0.1) is 0 Å². The van der Waals surface area contributed by atoms with Crippen molar-refractivity contribution in [3.63, 3.8) is 0 Å². The third-order valence-electron chi connectivity index (χ3n) is 4.08. The van der Waals surface area contributed by atoms with E-state index in [0.29, 0.717) is 29.0 Å². The maximum Gasteiger partial charge on any atom is 0.344 e. The summed E-state index contributed by atoms with van der Waals surface area (Å²) in [5.41, 5.74) is 1.35. The highest BCUT2D eigenvalue weighted by atomic mass is 79.9. The number of rotatable bonds is 9. The van der Waals surface area contributed by atoms with Crippen LogP contribution < -0.4 is 15.4 Å². The standard InChI is InChI=1S/C20H25BrN2O6/c1-4-7-14-17(19(25)28-6-3)18(23-20(26)22-14)13-10-12(21)8-9-15(13)29-11-16(24)27-5-2/h8-10,18H,4-7,11H2,1-3H3,(H2,22,23,26). The fourth-order valence-electron chi connectivity index (χ4n) is 2.96. The first-order valence-electron chi connectivity index (χ1n) is 9.46. The zero-order chi connectivity index (χ0) is 21.4. The summed E-state index contributed by atoms with van der Waals surface area (Å²) in [6, 6.07) is 3.92. The fourth-order valence-corrected chi connectivity index (χ4v) is 3.34. The molecule has 0 radical (unpaired) electrons. The zero-order valence-corrected chi connectivity index (χ0v) is 18.3. The van der Waals surface area contributed by atoms with Crippen LogP contribution in [-0.2, 0) is 19.1 Å². The van der Waals surface area contributed by atoms with Gasteiger partial charge in [-0.2, -0.15) is 0 Å². The molecule has 0 aromatic heterocycles. The summed E-state index contributed by atoms with van der Waals surface area (Å²) in [5.74, 6) is -0.681. The highest BCUT2D eigenvalue weighted by molar-refractivity contribution is 9.10. The van der Waals surface area contributed by atoms with E-state index in [2.05, 4.69) is 26.6 Å². The SMILES string of the molecule is CCCC1=C(C(=O)OCC)C(c2cc(Br)ccc2OCC(=O)OCC)NC(=O)N1. The summed E-state index contributed by atoms with van der Waals surface area (Å²) in [7, 11) is 0. The van der Waals surface area contributed by atoms with E-state index < -0.39 is 24.0 Å². The van der Waals surface area contributed by atoms with Crippen LogP contribution >= 0.6 is 15.9 Å². The van der Waals surface area contributed by atoms with Gasteiger partial charge >= 0.3 is 18.0 Å². The number of allylic oxidation sites excluding steroid dienone is 1. The van der Waals surface area contributed by atoms with Crippen molar-refractivity contribution in [3.8, 4) is 5.75 Å². The molecule has 0 bridgehead atoms. The number of amides is 2. The molecule has 9 heteroatoms. The van der Waals surface area contributed by atoms with Crippen molar-refractivity contribution in [2.24, 2.45) is 0 Å². The molecule has 0 saturated carbocycles. The molecule has 1 unspecified atom stereocenters. The molecule has 29 heavy (non-hydrogen) atoms. The van der Waals surface area contributed by atoms with Crippen molar-refractivity contribution in [1.82, 2.24) is 10.6 Å². The number of ether oxygens (including phenoxy) is 3. The first kappa shape index (κ1) is 22.7. The molecule has 1 aliphatic rings. The van der Waals surface area contributed by atoms with Crippen molar-refractivity contribution >= 4 is 33.9 Å². The largest absolute Gasteiger partial charge is 0.482 e. The molecule has 1 atom stereocenters. The minimum absolute atomic E-state index is 0.201. The number of hydrogen-bond donors (Lipinski definition) is 2. The molecule has 1 aromatic carbocycles. The van der Waals surface area contributed by atoms with E-state index in [1.807, 2.05) is 6.92 Å². The first-order valence-corrected chi connectivity index (χ1v) is 10.3. The lowest BCUT2D eigenvalue weighted by molar-refractivity contribution is -0.145. The van der Waals surface area contributed by atoms with Crippen LogP contribution in [0.4, 0.5) is 4.79 Å². The Morgan fingerprint density at radius 1 is 1.14 bits per heavy atom. The van der Waals surface area contributed by atoms with Crippen LogP contribution in [0.25, 0.3) is 0 Å². The van der Waals surface area contributed by atoms with Crippen LogP contribution in [0.2, 0.25) is 0 Å². The number of hydrogen-bond acceptors (Lipinski definition) is 6. The second-order valence-corrected chi connectivity index (χ2v) is 7.09. The molecule has 8 nitrogen and oxygen atoms in total. The highest BCUT2D eigenvalue weighted by Gasteiger charge is 2.35. The van der Waals surface area contributed by atoms with Gasteiger partial charge in [0.1, 0.15) is 5.75 Å². The molecule has 2 rings (SSSR count). The number of carbonyl (C=O) groups is 3. The minimum Gasteiger partial charge on any atom is -0.482 e. The average Bonchev–Trinajstić information content (AvgIpc) is 2.67. The van der Waals surface area contributed by atoms with Gasteiger partial charge in [-0.05, 0) is 38.5 Å². The average molecular weight is 469 g/mol. The molecular weight excluding hydrogens is 444 g/mol. The molecule has 158 valence electrons.